The van der Waals surface area contributed by atoms with E-state index in [9.17, 15) is 13.2 Å². The summed E-state index contributed by atoms with van der Waals surface area (Å²) in [5.41, 5.74) is 5.29. The molecule has 1 heterocycles. The number of nitrogen functional groups attached to an aromatic ring is 1. The lowest BCUT2D eigenvalue weighted by Gasteiger charge is -2.13. The topological polar surface area (TPSA) is 38.0 Å². The van der Waals surface area contributed by atoms with E-state index in [1.165, 1.54) is 6.07 Å². The molecule has 1 aliphatic rings. The fourth-order valence-corrected chi connectivity index (χ4v) is 1.75. The minimum atomic E-state index is -4.36. The van der Waals surface area contributed by atoms with E-state index >= 15 is 0 Å². The van der Waals surface area contributed by atoms with Gasteiger partial charge in [-0.3, -0.25) is 0 Å². The number of halogens is 3. The van der Waals surface area contributed by atoms with Gasteiger partial charge in [0.05, 0.1) is 5.56 Å². The normalized spacial score (nSPS) is 15.1. The Labute approximate surface area is 78.9 Å². The molecular formula is C9H9F3N2. The van der Waals surface area contributed by atoms with Gasteiger partial charge < -0.3 is 11.1 Å². The summed E-state index contributed by atoms with van der Waals surface area (Å²) in [6, 6.07) is 2.88. The first-order valence-electron chi connectivity index (χ1n) is 4.22. The number of fused-ring (bicyclic) bond motifs is 1. The minimum absolute atomic E-state index is 0.194. The molecule has 0 spiro atoms. The molecule has 1 aliphatic heterocycles. The first-order chi connectivity index (χ1) is 6.50. The van der Waals surface area contributed by atoms with Gasteiger partial charge in [-0.05, 0) is 24.1 Å². The Morgan fingerprint density at radius 1 is 1.29 bits per heavy atom. The quantitative estimate of drug-likeness (QED) is 0.633. The molecule has 1 aromatic rings. The predicted octanol–water partition coefficient (Wildman–Crippen LogP) is 2.26. The molecule has 1 aromatic carbocycles. The fraction of sp³-hybridized carbons (Fsp3) is 0.333. The number of rotatable bonds is 0. The molecule has 0 amide bonds. The van der Waals surface area contributed by atoms with Crippen molar-refractivity contribution < 1.29 is 13.2 Å². The zero-order valence-electron chi connectivity index (χ0n) is 7.28. The molecule has 3 N–H and O–H groups in total. The molecule has 0 saturated carbocycles. The first-order valence-corrected chi connectivity index (χ1v) is 4.22. The van der Waals surface area contributed by atoms with Crippen molar-refractivity contribution in [1.82, 2.24) is 0 Å². The van der Waals surface area contributed by atoms with Crippen LogP contribution in [0.4, 0.5) is 24.5 Å². The lowest BCUT2D eigenvalue weighted by molar-refractivity contribution is -0.137. The van der Waals surface area contributed by atoms with Gasteiger partial charge in [0, 0.05) is 17.9 Å². The van der Waals surface area contributed by atoms with Gasteiger partial charge in [0.25, 0.3) is 0 Å². The van der Waals surface area contributed by atoms with Gasteiger partial charge in [-0.2, -0.15) is 13.2 Å². The fourth-order valence-electron chi connectivity index (χ4n) is 1.75. The summed E-state index contributed by atoms with van der Waals surface area (Å²) in [6.45, 7) is 0.544. The number of hydrogen-bond acceptors (Lipinski definition) is 2. The van der Waals surface area contributed by atoms with Crippen LogP contribution in [0, 0.1) is 0 Å². The summed E-state index contributed by atoms with van der Waals surface area (Å²) in [6.07, 6.45) is -3.98. The molecule has 0 saturated heterocycles. The molecule has 0 unspecified atom stereocenters. The highest BCUT2D eigenvalue weighted by molar-refractivity contribution is 5.67. The van der Waals surface area contributed by atoms with Gasteiger partial charge >= 0.3 is 6.18 Å². The summed E-state index contributed by atoms with van der Waals surface area (Å²) in [7, 11) is 0. The van der Waals surface area contributed by atoms with E-state index in [0.717, 1.165) is 0 Å². The van der Waals surface area contributed by atoms with Crippen LogP contribution >= 0.6 is 0 Å². The van der Waals surface area contributed by atoms with Gasteiger partial charge in [-0.25, -0.2) is 0 Å². The summed E-state index contributed by atoms with van der Waals surface area (Å²) in [5, 5.41) is 2.88. The molecule has 2 rings (SSSR count). The SMILES string of the molecule is Nc1ccc2c(c1C(F)(F)F)CCN2. The zero-order chi connectivity index (χ0) is 10.3. The van der Waals surface area contributed by atoms with Crippen molar-refractivity contribution in [2.45, 2.75) is 12.6 Å². The van der Waals surface area contributed by atoms with Gasteiger partial charge in [0.15, 0.2) is 0 Å². The maximum Gasteiger partial charge on any atom is 0.418 e. The first kappa shape index (κ1) is 9.18. The van der Waals surface area contributed by atoms with Crippen LogP contribution in [-0.2, 0) is 12.6 Å². The van der Waals surface area contributed by atoms with E-state index < -0.39 is 11.7 Å². The highest BCUT2D eigenvalue weighted by Crippen LogP contribution is 2.40. The van der Waals surface area contributed by atoms with Gasteiger partial charge in [0.1, 0.15) is 0 Å². The minimum Gasteiger partial charge on any atom is -0.398 e. The summed E-state index contributed by atoms with van der Waals surface area (Å²) in [4.78, 5) is 0. The van der Waals surface area contributed by atoms with Crippen LogP contribution in [0.15, 0.2) is 12.1 Å². The van der Waals surface area contributed by atoms with Gasteiger partial charge in [0.2, 0.25) is 0 Å². The molecule has 76 valence electrons. The lowest BCUT2D eigenvalue weighted by Crippen LogP contribution is -2.11. The van der Waals surface area contributed by atoms with Crippen LogP contribution in [0.25, 0.3) is 0 Å². The van der Waals surface area contributed by atoms with Crippen LogP contribution < -0.4 is 11.1 Å². The third kappa shape index (κ3) is 1.29. The Hall–Kier alpha value is -1.39. The molecule has 2 nitrogen and oxygen atoms in total. The number of anilines is 2. The molecule has 0 radical (unpaired) electrons. The number of nitrogens with two attached hydrogens (primary N) is 1. The average molecular weight is 202 g/mol. The molecule has 5 heteroatoms. The Kier molecular flexibility index (Phi) is 1.83. The maximum absolute atomic E-state index is 12.6. The summed E-state index contributed by atoms with van der Waals surface area (Å²) < 4.78 is 37.8. The van der Waals surface area contributed by atoms with Crippen LogP contribution in [0.2, 0.25) is 0 Å². The van der Waals surface area contributed by atoms with Crippen molar-refractivity contribution in [2.24, 2.45) is 0 Å². The highest BCUT2D eigenvalue weighted by atomic mass is 19.4. The largest absolute Gasteiger partial charge is 0.418 e. The van der Waals surface area contributed by atoms with Crippen molar-refractivity contribution in [3.8, 4) is 0 Å². The van der Waals surface area contributed by atoms with Crippen molar-refractivity contribution >= 4 is 11.4 Å². The third-order valence-electron chi connectivity index (χ3n) is 2.32. The summed E-state index contributed by atoms with van der Waals surface area (Å²) >= 11 is 0. The number of nitrogens with one attached hydrogen (secondary N) is 1. The summed E-state index contributed by atoms with van der Waals surface area (Å²) in [5.74, 6) is 0. The predicted molar refractivity (Wildman–Crippen MR) is 48.1 cm³/mol. The Morgan fingerprint density at radius 3 is 2.64 bits per heavy atom. The number of alkyl halides is 3. The molecule has 0 aromatic heterocycles. The van der Waals surface area contributed by atoms with E-state index in [2.05, 4.69) is 5.32 Å². The lowest BCUT2D eigenvalue weighted by atomic mass is 10.0. The van der Waals surface area contributed by atoms with Crippen LogP contribution in [0.5, 0.6) is 0 Å². The molecular weight excluding hydrogens is 193 g/mol. The molecule has 0 bridgehead atoms. The van der Waals surface area contributed by atoms with Crippen molar-refractivity contribution in [3.63, 3.8) is 0 Å². The maximum atomic E-state index is 12.6. The monoisotopic (exact) mass is 202 g/mol. The van der Waals surface area contributed by atoms with E-state index in [1.54, 1.807) is 6.07 Å². The Morgan fingerprint density at radius 2 is 2.00 bits per heavy atom. The zero-order valence-corrected chi connectivity index (χ0v) is 7.28. The van der Waals surface area contributed by atoms with Gasteiger partial charge in [-0.15, -0.1) is 0 Å². The van der Waals surface area contributed by atoms with Crippen LogP contribution in [0.3, 0.4) is 0 Å². The molecule has 0 atom stereocenters. The molecule has 0 fully saturated rings. The average Bonchev–Trinajstić information content (AvgIpc) is 2.48. The van der Waals surface area contributed by atoms with Crippen molar-refractivity contribution in [2.75, 3.05) is 17.6 Å². The number of benzene rings is 1. The van der Waals surface area contributed by atoms with E-state index in [0.29, 0.717) is 18.7 Å². The standard InChI is InChI=1S/C9H9F3N2/c10-9(11,12)8-5-3-4-14-7(5)2-1-6(8)13/h1-2,14H,3-4,13H2. The Balaban J connectivity index is 2.63. The second-order valence-electron chi connectivity index (χ2n) is 3.23. The molecule has 0 aliphatic carbocycles. The van der Waals surface area contributed by atoms with Crippen LogP contribution in [0.1, 0.15) is 11.1 Å². The van der Waals surface area contributed by atoms with E-state index in [1.807, 2.05) is 0 Å². The molecule has 14 heavy (non-hydrogen) atoms. The second kappa shape index (κ2) is 2.80. The third-order valence-corrected chi connectivity index (χ3v) is 2.32. The second-order valence-corrected chi connectivity index (χ2v) is 3.23. The van der Waals surface area contributed by atoms with E-state index in [-0.39, 0.29) is 11.3 Å². The van der Waals surface area contributed by atoms with E-state index in [4.69, 9.17) is 5.73 Å². The smallest absolute Gasteiger partial charge is 0.398 e. The van der Waals surface area contributed by atoms with Gasteiger partial charge in [-0.1, -0.05) is 0 Å². The Bertz CT molecular complexity index is 371. The number of hydrogen-bond donors (Lipinski definition) is 2. The van der Waals surface area contributed by atoms with Crippen molar-refractivity contribution in [3.05, 3.63) is 23.3 Å². The highest BCUT2D eigenvalue weighted by Gasteiger charge is 2.37. The van der Waals surface area contributed by atoms with Crippen LogP contribution in [-0.4, -0.2) is 6.54 Å². The van der Waals surface area contributed by atoms with Crippen molar-refractivity contribution in [1.29, 1.82) is 0 Å².